The summed E-state index contributed by atoms with van der Waals surface area (Å²) in [6.07, 6.45) is 0.426. The molecule has 1 aromatic rings. The first-order valence-electron chi connectivity index (χ1n) is 5.84. The lowest BCUT2D eigenvalue weighted by Gasteiger charge is -2.17. The zero-order chi connectivity index (χ0) is 14.0. The highest BCUT2D eigenvalue weighted by molar-refractivity contribution is 9.10. The summed E-state index contributed by atoms with van der Waals surface area (Å²) >= 11 is 10.8. The van der Waals surface area contributed by atoms with Gasteiger partial charge < -0.3 is 4.90 Å². The lowest BCUT2D eigenvalue weighted by Crippen LogP contribution is -2.25. The molecule has 0 spiro atoms. The highest BCUT2D eigenvalue weighted by atomic mass is 79.9. The quantitative estimate of drug-likeness (QED) is 0.826. The third-order valence-corrected chi connectivity index (χ3v) is 4.72. The second-order valence-corrected chi connectivity index (χ2v) is 7.25. The number of likely N-dealkylation sites (tertiary alicyclic amines) is 1. The highest BCUT2D eigenvalue weighted by Gasteiger charge is 2.31. The largest absolute Gasteiger partial charge is 0.337 e. The van der Waals surface area contributed by atoms with Crippen LogP contribution < -0.4 is 0 Å². The van der Waals surface area contributed by atoms with Crippen LogP contribution in [0.4, 0.5) is 0 Å². The number of nitrogens with zero attached hydrogens (tertiary/aromatic N) is 1. The van der Waals surface area contributed by atoms with Crippen LogP contribution in [-0.2, 0) is 16.1 Å². The Bertz CT molecular complexity index is 523. The van der Waals surface area contributed by atoms with Gasteiger partial charge in [-0.05, 0) is 23.8 Å². The summed E-state index contributed by atoms with van der Waals surface area (Å²) in [4.78, 5) is 24.7. The smallest absolute Gasteiger partial charge is 0.224 e. The monoisotopic (exact) mass is 361 g/mol. The molecule has 1 aliphatic heterocycles. The number of thioether (sulfide) groups is 1. The summed E-state index contributed by atoms with van der Waals surface area (Å²) in [5.74, 6) is 0.0785. The number of hydrogen-bond acceptors (Lipinski definition) is 3. The van der Waals surface area contributed by atoms with Crippen LogP contribution in [0.1, 0.15) is 18.9 Å². The Balaban J connectivity index is 2.05. The first kappa shape index (κ1) is 14.9. The third kappa shape index (κ3) is 3.97. The summed E-state index contributed by atoms with van der Waals surface area (Å²) in [6.45, 7) is 2.63. The maximum Gasteiger partial charge on any atom is 0.224 e. The van der Waals surface area contributed by atoms with Crippen LogP contribution in [0.25, 0.3) is 0 Å². The van der Waals surface area contributed by atoms with Crippen molar-refractivity contribution in [1.29, 1.82) is 0 Å². The van der Waals surface area contributed by atoms with Crippen LogP contribution in [0.15, 0.2) is 22.7 Å². The SMILES string of the molecule is CC(=O)SC1CC(=O)N(Cc2cc(Br)ccc2Cl)C1. The average Bonchev–Trinajstić information content (AvgIpc) is 2.63. The fraction of sp³-hybridized carbons (Fsp3) is 0.385. The van der Waals surface area contributed by atoms with Gasteiger partial charge in [-0.2, -0.15) is 0 Å². The minimum absolute atomic E-state index is 0.0557. The number of amides is 1. The second kappa shape index (κ2) is 6.29. The van der Waals surface area contributed by atoms with Crippen LogP contribution in [0, 0.1) is 0 Å². The predicted molar refractivity (Wildman–Crippen MR) is 81.2 cm³/mol. The molecule has 0 aliphatic carbocycles. The number of halogens is 2. The maximum absolute atomic E-state index is 11.9. The molecular formula is C13H13BrClNO2S. The Labute approximate surface area is 129 Å². The molecule has 1 fully saturated rings. The molecule has 6 heteroatoms. The van der Waals surface area contributed by atoms with Gasteiger partial charge in [-0.3, -0.25) is 9.59 Å². The van der Waals surface area contributed by atoms with Gasteiger partial charge in [-0.25, -0.2) is 0 Å². The maximum atomic E-state index is 11.9. The molecule has 1 aromatic carbocycles. The number of carbonyl (C=O) groups excluding carboxylic acids is 2. The van der Waals surface area contributed by atoms with Crippen LogP contribution in [-0.4, -0.2) is 27.7 Å². The molecule has 1 amide bonds. The highest BCUT2D eigenvalue weighted by Crippen LogP contribution is 2.28. The van der Waals surface area contributed by atoms with Crippen molar-refractivity contribution in [3.8, 4) is 0 Å². The van der Waals surface area contributed by atoms with Crippen LogP contribution in [0.3, 0.4) is 0 Å². The molecule has 0 bridgehead atoms. The number of carbonyl (C=O) groups is 2. The normalized spacial score (nSPS) is 19.0. The molecule has 0 radical (unpaired) electrons. The molecule has 2 rings (SSSR count). The average molecular weight is 363 g/mol. The van der Waals surface area contributed by atoms with Crippen LogP contribution >= 0.6 is 39.3 Å². The van der Waals surface area contributed by atoms with Gasteiger partial charge in [-0.15, -0.1) is 0 Å². The molecule has 19 heavy (non-hydrogen) atoms. The minimum Gasteiger partial charge on any atom is -0.337 e. The van der Waals surface area contributed by atoms with Crippen molar-refractivity contribution in [2.24, 2.45) is 0 Å². The number of hydrogen-bond donors (Lipinski definition) is 0. The predicted octanol–water partition coefficient (Wildman–Crippen LogP) is 3.48. The van der Waals surface area contributed by atoms with Crippen molar-refractivity contribution in [1.82, 2.24) is 4.90 Å². The van der Waals surface area contributed by atoms with E-state index in [1.54, 1.807) is 4.90 Å². The van der Waals surface area contributed by atoms with E-state index < -0.39 is 0 Å². The van der Waals surface area contributed by atoms with E-state index in [4.69, 9.17) is 11.6 Å². The first-order chi connectivity index (χ1) is 8.95. The Morgan fingerprint density at radius 2 is 2.32 bits per heavy atom. The second-order valence-electron chi connectivity index (χ2n) is 4.45. The molecule has 0 aromatic heterocycles. The van der Waals surface area contributed by atoms with Crippen LogP contribution in [0.2, 0.25) is 5.02 Å². The number of rotatable bonds is 3. The van der Waals surface area contributed by atoms with E-state index in [0.29, 0.717) is 24.5 Å². The molecule has 102 valence electrons. The lowest BCUT2D eigenvalue weighted by molar-refractivity contribution is -0.128. The van der Waals surface area contributed by atoms with Crippen molar-refractivity contribution >= 4 is 50.3 Å². The molecule has 1 saturated heterocycles. The summed E-state index contributed by atoms with van der Waals surface area (Å²) in [7, 11) is 0. The van der Waals surface area contributed by atoms with E-state index in [2.05, 4.69) is 15.9 Å². The van der Waals surface area contributed by atoms with Gasteiger partial charge in [0.2, 0.25) is 5.91 Å². The summed E-state index contributed by atoms with van der Waals surface area (Å²) in [5, 5.41) is 0.773. The summed E-state index contributed by atoms with van der Waals surface area (Å²) < 4.78 is 0.938. The molecule has 0 saturated carbocycles. The van der Waals surface area contributed by atoms with Crippen molar-refractivity contribution < 1.29 is 9.59 Å². The zero-order valence-corrected chi connectivity index (χ0v) is 13.5. The molecule has 0 N–H and O–H groups in total. The van der Waals surface area contributed by atoms with Gasteiger partial charge in [0.1, 0.15) is 0 Å². The van der Waals surface area contributed by atoms with E-state index in [0.717, 1.165) is 10.0 Å². The fourth-order valence-corrected chi connectivity index (χ4v) is 3.61. The van der Waals surface area contributed by atoms with E-state index in [9.17, 15) is 9.59 Å². The Morgan fingerprint density at radius 3 is 3.00 bits per heavy atom. The van der Waals surface area contributed by atoms with Gasteiger partial charge in [0.05, 0.1) is 0 Å². The standard InChI is InChI=1S/C13H13BrClNO2S/c1-8(17)19-11-5-13(18)16(7-11)6-9-4-10(14)2-3-12(9)15/h2-4,11H,5-7H2,1H3. The summed E-state index contributed by atoms with van der Waals surface area (Å²) in [6, 6.07) is 5.59. The number of benzene rings is 1. The minimum atomic E-state index is 0.0557. The molecule has 1 aliphatic rings. The Morgan fingerprint density at radius 1 is 1.58 bits per heavy atom. The summed E-state index contributed by atoms with van der Waals surface area (Å²) in [5.41, 5.74) is 0.915. The van der Waals surface area contributed by atoms with Crippen molar-refractivity contribution in [3.05, 3.63) is 33.3 Å². The fourth-order valence-electron chi connectivity index (χ4n) is 2.07. The van der Waals surface area contributed by atoms with Crippen molar-refractivity contribution in [2.75, 3.05) is 6.54 Å². The topological polar surface area (TPSA) is 37.4 Å². The van der Waals surface area contributed by atoms with E-state index >= 15 is 0 Å². The van der Waals surface area contributed by atoms with E-state index in [-0.39, 0.29) is 16.3 Å². The Kier molecular flexibility index (Phi) is 4.92. The molecule has 1 unspecified atom stereocenters. The lowest BCUT2D eigenvalue weighted by atomic mass is 10.2. The molecule has 3 nitrogen and oxygen atoms in total. The van der Waals surface area contributed by atoms with Gasteiger partial charge in [0, 0.05) is 41.2 Å². The van der Waals surface area contributed by atoms with Gasteiger partial charge in [0.25, 0.3) is 0 Å². The van der Waals surface area contributed by atoms with Gasteiger partial charge in [0.15, 0.2) is 5.12 Å². The molecule has 1 heterocycles. The van der Waals surface area contributed by atoms with Gasteiger partial charge >= 0.3 is 0 Å². The van der Waals surface area contributed by atoms with Crippen LogP contribution in [0.5, 0.6) is 0 Å². The Hall–Kier alpha value is -0.520. The van der Waals surface area contributed by atoms with E-state index in [1.165, 1.54) is 18.7 Å². The first-order valence-corrected chi connectivity index (χ1v) is 7.89. The zero-order valence-electron chi connectivity index (χ0n) is 10.4. The molecule has 1 atom stereocenters. The molecular weight excluding hydrogens is 350 g/mol. The third-order valence-electron chi connectivity index (χ3n) is 2.88. The van der Waals surface area contributed by atoms with Crippen molar-refractivity contribution in [2.45, 2.75) is 25.1 Å². The van der Waals surface area contributed by atoms with Crippen molar-refractivity contribution in [3.63, 3.8) is 0 Å². The van der Waals surface area contributed by atoms with Gasteiger partial charge in [-0.1, -0.05) is 39.3 Å². The van der Waals surface area contributed by atoms with E-state index in [1.807, 2.05) is 18.2 Å².